The summed E-state index contributed by atoms with van der Waals surface area (Å²) in [4.78, 5) is 12.5. The molecule has 0 fully saturated rings. The Morgan fingerprint density at radius 2 is 1.21 bits per heavy atom. The first-order valence-corrected chi connectivity index (χ1v) is 18.0. The van der Waals surface area contributed by atoms with Gasteiger partial charge in [0, 0.05) is 0 Å². The summed E-state index contributed by atoms with van der Waals surface area (Å²) >= 11 is 4.53. The Bertz CT molecular complexity index is 1590. The summed E-state index contributed by atoms with van der Waals surface area (Å²) in [5.74, 6) is 0.675. The Balaban J connectivity index is 1.63. The number of hydrogen-bond donors (Lipinski definition) is 0. The zero-order valence-electron chi connectivity index (χ0n) is 23.5. The van der Waals surface area contributed by atoms with Crippen LogP contribution in [-0.2, 0) is 20.4 Å². The summed E-state index contributed by atoms with van der Waals surface area (Å²) in [6.07, 6.45) is 2.09. The predicted octanol–water partition coefficient (Wildman–Crippen LogP) is 7.98. The van der Waals surface area contributed by atoms with E-state index in [1.807, 2.05) is 36.4 Å². The number of benzene rings is 5. The third kappa shape index (κ3) is 5.63. The maximum absolute atomic E-state index is 12.5. The van der Waals surface area contributed by atoms with Gasteiger partial charge in [-0.25, -0.2) is 0 Å². The molecule has 0 aromatic heterocycles. The SMILES string of the molecule is CO/C=C(/C(=O)OC)c1ccccc1Oc1cccc(CP(Br)(c2ccccc2)(c2ccccc2)c2ccccc2)c1. The number of hydrogen-bond acceptors (Lipinski definition) is 4. The van der Waals surface area contributed by atoms with Crippen molar-refractivity contribution in [3.63, 3.8) is 0 Å². The first kappa shape index (κ1) is 29.3. The molecule has 0 bridgehead atoms. The standard InChI is InChI=1S/C36H32BrO4P/c1-39-26-34(36(38)40-2)33-23-12-13-24-35(33)41-29-16-14-15-28(25-29)27-42(37,30-17-6-3-7-18-30,31-19-8-4-9-20-31)32-21-10-5-11-22-32/h3-26H,27H2,1-2H3/b34-26+. The van der Waals surface area contributed by atoms with Gasteiger partial charge in [-0.1, -0.05) is 0 Å². The topological polar surface area (TPSA) is 44.8 Å². The fraction of sp³-hybridized carbons (Fsp3) is 0.0833. The monoisotopic (exact) mass is 638 g/mol. The van der Waals surface area contributed by atoms with Gasteiger partial charge in [0.2, 0.25) is 0 Å². The van der Waals surface area contributed by atoms with Gasteiger partial charge in [-0.2, -0.15) is 0 Å². The van der Waals surface area contributed by atoms with E-state index in [0.29, 0.717) is 17.1 Å². The van der Waals surface area contributed by atoms with Crippen molar-refractivity contribution in [1.82, 2.24) is 0 Å². The van der Waals surface area contributed by atoms with Gasteiger partial charge >= 0.3 is 256 Å². The third-order valence-electron chi connectivity index (χ3n) is 7.31. The summed E-state index contributed by atoms with van der Waals surface area (Å²) in [5.41, 5.74) is 1.96. The number of esters is 1. The fourth-order valence-corrected chi connectivity index (χ4v) is 13.0. The Morgan fingerprint density at radius 1 is 0.690 bits per heavy atom. The van der Waals surface area contributed by atoms with Crippen LogP contribution in [0.3, 0.4) is 0 Å². The molecule has 5 rings (SSSR count). The third-order valence-corrected chi connectivity index (χ3v) is 16.8. The van der Waals surface area contributed by atoms with E-state index in [0.717, 1.165) is 11.7 Å². The predicted molar refractivity (Wildman–Crippen MR) is 178 cm³/mol. The van der Waals surface area contributed by atoms with Crippen LogP contribution in [0.15, 0.2) is 146 Å². The molecule has 0 radical (unpaired) electrons. The number of rotatable bonds is 10. The second kappa shape index (κ2) is 12.8. The molecule has 0 atom stereocenters. The van der Waals surface area contributed by atoms with E-state index in [2.05, 4.69) is 119 Å². The molecule has 5 aromatic rings. The van der Waals surface area contributed by atoms with Crippen LogP contribution in [0, 0.1) is 0 Å². The van der Waals surface area contributed by atoms with Crippen molar-refractivity contribution in [3.8, 4) is 11.5 Å². The molecule has 0 unspecified atom stereocenters. The summed E-state index contributed by atoms with van der Waals surface area (Å²) in [6, 6.07) is 47.6. The molecule has 4 nitrogen and oxygen atoms in total. The number of methoxy groups -OCH3 is 2. The Hall–Kier alpha value is -4.18. The van der Waals surface area contributed by atoms with Gasteiger partial charge in [-0.3, -0.25) is 0 Å². The van der Waals surface area contributed by atoms with E-state index in [1.54, 1.807) is 0 Å². The Labute approximate surface area is 255 Å². The number of ether oxygens (including phenoxy) is 3. The zero-order valence-corrected chi connectivity index (χ0v) is 26.0. The minimum atomic E-state index is -3.19. The van der Waals surface area contributed by atoms with Crippen LogP contribution in [0.4, 0.5) is 0 Å². The fourth-order valence-electron chi connectivity index (χ4n) is 5.34. The first-order valence-electron chi connectivity index (χ1n) is 13.5. The molecule has 0 spiro atoms. The molecule has 0 heterocycles. The minimum absolute atomic E-state index is 0.273. The Kier molecular flexibility index (Phi) is 8.91. The molecular weight excluding hydrogens is 607 g/mol. The first-order chi connectivity index (χ1) is 20.5. The summed E-state index contributed by atoms with van der Waals surface area (Å²) < 4.78 is 16.6. The van der Waals surface area contributed by atoms with Crippen LogP contribution in [0.1, 0.15) is 11.1 Å². The van der Waals surface area contributed by atoms with E-state index >= 15 is 0 Å². The van der Waals surface area contributed by atoms with Crippen LogP contribution in [-0.4, -0.2) is 20.2 Å². The van der Waals surface area contributed by atoms with Crippen molar-refractivity contribution in [1.29, 1.82) is 0 Å². The van der Waals surface area contributed by atoms with Crippen LogP contribution in [0.25, 0.3) is 5.57 Å². The molecule has 0 aliphatic rings. The maximum atomic E-state index is 12.5. The van der Waals surface area contributed by atoms with E-state index in [4.69, 9.17) is 14.2 Å². The van der Waals surface area contributed by atoms with Crippen molar-refractivity contribution < 1.29 is 19.0 Å². The molecule has 0 amide bonds. The Morgan fingerprint density at radius 3 is 1.74 bits per heavy atom. The van der Waals surface area contributed by atoms with E-state index in [-0.39, 0.29) is 5.57 Å². The van der Waals surface area contributed by atoms with Crippen molar-refractivity contribution >= 4 is 48.3 Å². The molecule has 0 saturated heterocycles. The van der Waals surface area contributed by atoms with Crippen molar-refractivity contribution in [2.75, 3.05) is 14.2 Å². The number of para-hydroxylation sites is 1. The van der Waals surface area contributed by atoms with Gasteiger partial charge in [0.1, 0.15) is 0 Å². The molecule has 0 aliphatic carbocycles. The van der Waals surface area contributed by atoms with Crippen LogP contribution in [0.5, 0.6) is 11.5 Å². The summed E-state index contributed by atoms with van der Waals surface area (Å²) in [7, 11) is 2.84. The second-order valence-electron chi connectivity index (χ2n) is 9.85. The number of carbonyl (C=O) groups is 1. The van der Waals surface area contributed by atoms with Gasteiger partial charge in [-0.15, -0.1) is 0 Å². The number of carbonyl (C=O) groups excluding carboxylic acids is 1. The molecule has 0 saturated carbocycles. The van der Waals surface area contributed by atoms with Crippen molar-refractivity contribution in [2.45, 2.75) is 6.16 Å². The van der Waals surface area contributed by atoms with Crippen LogP contribution < -0.4 is 20.7 Å². The molecule has 42 heavy (non-hydrogen) atoms. The van der Waals surface area contributed by atoms with Gasteiger partial charge in [0.15, 0.2) is 0 Å². The van der Waals surface area contributed by atoms with Gasteiger partial charge in [0.05, 0.1) is 0 Å². The van der Waals surface area contributed by atoms with E-state index < -0.39 is 11.3 Å². The summed E-state index contributed by atoms with van der Waals surface area (Å²) in [5, 5.41) is 0.530. The van der Waals surface area contributed by atoms with Gasteiger partial charge < -0.3 is 0 Å². The summed E-state index contributed by atoms with van der Waals surface area (Å²) in [6.45, 7) is 0. The molecule has 212 valence electrons. The molecular formula is C36H32BrO4P. The molecule has 0 aliphatic heterocycles. The zero-order chi connectivity index (χ0) is 29.4. The molecule has 6 heteroatoms. The molecule has 5 aromatic carbocycles. The average Bonchev–Trinajstić information content (AvgIpc) is 3.05. The van der Waals surface area contributed by atoms with Gasteiger partial charge in [-0.05, 0) is 0 Å². The van der Waals surface area contributed by atoms with E-state index in [1.165, 1.54) is 36.4 Å². The average molecular weight is 640 g/mol. The van der Waals surface area contributed by atoms with Crippen LogP contribution >= 0.6 is 20.8 Å². The normalized spacial score (nSPS) is 12.5. The quantitative estimate of drug-likeness (QED) is 0.0673. The molecule has 0 N–H and O–H groups in total. The number of halogens is 1. The van der Waals surface area contributed by atoms with Gasteiger partial charge in [0.25, 0.3) is 0 Å². The van der Waals surface area contributed by atoms with Crippen molar-refractivity contribution in [3.05, 3.63) is 157 Å². The van der Waals surface area contributed by atoms with E-state index in [9.17, 15) is 4.79 Å². The van der Waals surface area contributed by atoms with Crippen LogP contribution in [0.2, 0.25) is 0 Å². The second-order valence-corrected chi connectivity index (χ2v) is 18.8. The van der Waals surface area contributed by atoms with Crippen molar-refractivity contribution in [2.24, 2.45) is 0 Å².